The Morgan fingerprint density at radius 3 is 2.11 bits per heavy atom. The fourth-order valence-electron chi connectivity index (χ4n) is 2.00. The Kier molecular flexibility index (Phi) is 6.35. The van der Waals surface area contributed by atoms with Gasteiger partial charge in [-0.3, -0.25) is 0 Å². The van der Waals surface area contributed by atoms with Crippen LogP contribution in [0.2, 0.25) is 0 Å². The average Bonchev–Trinajstić information content (AvgIpc) is 2.37. The van der Waals surface area contributed by atoms with E-state index >= 15 is 0 Å². The Morgan fingerprint density at radius 1 is 1.00 bits per heavy atom. The summed E-state index contributed by atoms with van der Waals surface area (Å²) in [7, 11) is 0. The molecule has 0 saturated carbocycles. The molecule has 1 rings (SSSR count). The highest BCUT2D eigenvalue weighted by molar-refractivity contribution is 5.25. The molecule has 108 valence electrons. The lowest BCUT2D eigenvalue weighted by Crippen LogP contribution is -2.05. The van der Waals surface area contributed by atoms with Crippen LogP contribution in [-0.4, -0.2) is 5.11 Å². The minimum Gasteiger partial charge on any atom is -0.388 e. The van der Waals surface area contributed by atoms with E-state index < -0.39 is 17.8 Å². The molecule has 0 spiro atoms. The highest BCUT2D eigenvalue weighted by atomic mass is 19.4. The van der Waals surface area contributed by atoms with Crippen LogP contribution in [0.3, 0.4) is 0 Å². The molecule has 1 atom stereocenters. The number of unbranched alkanes of at least 4 members (excludes halogenated alkanes) is 4. The van der Waals surface area contributed by atoms with Crippen LogP contribution in [0.4, 0.5) is 13.2 Å². The minimum atomic E-state index is -4.32. The molecule has 0 bridgehead atoms. The molecule has 1 nitrogen and oxygen atoms in total. The number of benzene rings is 1. The highest BCUT2D eigenvalue weighted by Gasteiger charge is 2.30. The Hall–Kier alpha value is -1.03. The van der Waals surface area contributed by atoms with Gasteiger partial charge in [0.05, 0.1) is 11.7 Å². The molecular formula is C15H21F3O. The summed E-state index contributed by atoms with van der Waals surface area (Å²) in [6.45, 7) is 2.14. The van der Waals surface area contributed by atoms with Gasteiger partial charge in [0.25, 0.3) is 0 Å². The van der Waals surface area contributed by atoms with E-state index in [0.717, 1.165) is 31.4 Å². The van der Waals surface area contributed by atoms with Gasteiger partial charge in [0.2, 0.25) is 0 Å². The summed E-state index contributed by atoms with van der Waals surface area (Å²) in [4.78, 5) is 0. The second-order valence-corrected chi connectivity index (χ2v) is 4.84. The number of hydrogen-bond donors (Lipinski definition) is 1. The maximum Gasteiger partial charge on any atom is 0.416 e. The molecule has 0 amide bonds. The van der Waals surface area contributed by atoms with Gasteiger partial charge in [-0.05, 0) is 24.1 Å². The molecular weight excluding hydrogens is 253 g/mol. The van der Waals surface area contributed by atoms with Gasteiger partial charge in [-0.2, -0.15) is 13.2 Å². The van der Waals surface area contributed by atoms with Crippen LogP contribution in [0.25, 0.3) is 0 Å². The van der Waals surface area contributed by atoms with Gasteiger partial charge >= 0.3 is 6.18 Å². The first-order valence-electron chi connectivity index (χ1n) is 6.80. The predicted octanol–water partition coefficient (Wildman–Crippen LogP) is 5.10. The van der Waals surface area contributed by atoms with Gasteiger partial charge in [0, 0.05) is 0 Å². The van der Waals surface area contributed by atoms with Crippen LogP contribution >= 0.6 is 0 Å². The van der Waals surface area contributed by atoms with E-state index in [1.807, 2.05) is 0 Å². The molecule has 0 aromatic heterocycles. The zero-order valence-electron chi connectivity index (χ0n) is 11.2. The summed E-state index contributed by atoms with van der Waals surface area (Å²) in [5, 5.41) is 9.89. The van der Waals surface area contributed by atoms with Gasteiger partial charge in [-0.15, -0.1) is 0 Å². The van der Waals surface area contributed by atoms with Crippen LogP contribution < -0.4 is 0 Å². The summed E-state index contributed by atoms with van der Waals surface area (Å²) in [6, 6.07) is 4.77. The molecule has 1 aromatic rings. The van der Waals surface area contributed by atoms with Crippen LogP contribution in [0.5, 0.6) is 0 Å². The average molecular weight is 274 g/mol. The molecule has 4 heteroatoms. The van der Waals surface area contributed by atoms with E-state index in [1.165, 1.54) is 25.0 Å². The standard InChI is InChI=1S/C15H21F3O/c1-2-3-4-5-6-7-14(19)12-8-10-13(11-9-12)15(16,17)18/h8-11,14,19H,2-7H2,1H3. The molecule has 0 aliphatic carbocycles. The van der Waals surface area contributed by atoms with Crippen molar-refractivity contribution in [3.63, 3.8) is 0 Å². The monoisotopic (exact) mass is 274 g/mol. The third kappa shape index (κ3) is 5.64. The van der Waals surface area contributed by atoms with Crippen molar-refractivity contribution in [1.29, 1.82) is 0 Å². The van der Waals surface area contributed by atoms with Crippen LogP contribution in [0, 0.1) is 0 Å². The zero-order valence-corrected chi connectivity index (χ0v) is 11.2. The van der Waals surface area contributed by atoms with Crippen molar-refractivity contribution < 1.29 is 18.3 Å². The van der Waals surface area contributed by atoms with Crippen LogP contribution in [0.15, 0.2) is 24.3 Å². The zero-order chi connectivity index (χ0) is 14.3. The van der Waals surface area contributed by atoms with Gasteiger partial charge in [-0.1, -0.05) is 51.2 Å². The lowest BCUT2D eigenvalue weighted by atomic mass is 10.0. The predicted molar refractivity (Wildman–Crippen MR) is 69.8 cm³/mol. The Labute approximate surface area is 112 Å². The lowest BCUT2D eigenvalue weighted by molar-refractivity contribution is -0.137. The number of rotatable bonds is 7. The normalized spacial score (nSPS) is 13.5. The fraction of sp³-hybridized carbons (Fsp3) is 0.600. The fourth-order valence-corrected chi connectivity index (χ4v) is 2.00. The van der Waals surface area contributed by atoms with E-state index in [9.17, 15) is 18.3 Å². The maximum atomic E-state index is 12.4. The summed E-state index contributed by atoms with van der Waals surface area (Å²) in [5.41, 5.74) is -0.116. The molecule has 19 heavy (non-hydrogen) atoms. The van der Waals surface area contributed by atoms with Crippen molar-refractivity contribution in [2.75, 3.05) is 0 Å². The number of halogens is 3. The second-order valence-electron chi connectivity index (χ2n) is 4.84. The molecule has 0 fully saturated rings. The molecule has 0 heterocycles. The second kappa shape index (κ2) is 7.53. The van der Waals surface area contributed by atoms with Crippen molar-refractivity contribution in [2.24, 2.45) is 0 Å². The van der Waals surface area contributed by atoms with E-state index in [1.54, 1.807) is 0 Å². The third-order valence-corrected chi connectivity index (χ3v) is 3.20. The number of hydrogen-bond acceptors (Lipinski definition) is 1. The topological polar surface area (TPSA) is 20.2 Å². The van der Waals surface area contributed by atoms with Crippen molar-refractivity contribution >= 4 is 0 Å². The number of aliphatic hydroxyl groups excluding tert-OH is 1. The third-order valence-electron chi connectivity index (χ3n) is 3.20. The minimum absolute atomic E-state index is 0.559. The van der Waals surface area contributed by atoms with Gasteiger partial charge in [-0.25, -0.2) is 0 Å². The van der Waals surface area contributed by atoms with Crippen LogP contribution in [-0.2, 0) is 6.18 Å². The summed E-state index contributed by atoms with van der Waals surface area (Å²) in [5.74, 6) is 0. The van der Waals surface area contributed by atoms with Crippen molar-refractivity contribution in [1.82, 2.24) is 0 Å². The largest absolute Gasteiger partial charge is 0.416 e. The Morgan fingerprint density at radius 2 is 1.58 bits per heavy atom. The summed E-state index contributed by atoms with van der Waals surface area (Å²) < 4.78 is 37.1. The first-order valence-corrected chi connectivity index (χ1v) is 6.80. The van der Waals surface area contributed by atoms with Gasteiger partial charge in [0.15, 0.2) is 0 Å². The molecule has 1 aromatic carbocycles. The molecule has 0 aliphatic heterocycles. The lowest BCUT2D eigenvalue weighted by Gasteiger charge is -2.12. The number of alkyl halides is 3. The van der Waals surface area contributed by atoms with E-state index in [2.05, 4.69) is 6.92 Å². The molecule has 1 unspecified atom stereocenters. The smallest absolute Gasteiger partial charge is 0.388 e. The number of aliphatic hydroxyl groups is 1. The first-order chi connectivity index (χ1) is 8.95. The molecule has 0 radical (unpaired) electrons. The van der Waals surface area contributed by atoms with E-state index in [-0.39, 0.29) is 0 Å². The molecule has 0 saturated heterocycles. The SMILES string of the molecule is CCCCCCCC(O)c1ccc(C(F)(F)F)cc1. The summed E-state index contributed by atoms with van der Waals surface area (Å²) in [6.07, 6.45) is 1.10. The van der Waals surface area contributed by atoms with Crippen LogP contribution in [0.1, 0.15) is 62.7 Å². The van der Waals surface area contributed by atoms with Crippen molar-refractivity contribution in [3.8, 4) is 0 Å². The quantitative estimate of drug-likeness (QED) is 0.686. The van der Waals surface area contributed by atoms with Gasteiger partial charge < -0.3 is 5.11 Å². The van der Waals surface area contributed by atoms with E-state index in [4.69, 9.17) is 0 Å². The van der Waals surface area contributed by atoms with Crippen molar-refractivity contribution in [3.05, 3.63) is 35.4 Å². The highest BCUT2D eigenvalue weighted by Crippen LogP contribution is 2.30. The Bertz CT molecular complexity index is 357. The first kappa shape index (κ1) is 16.0. The summed E-state index contributed by atoms with van der Waals surface area (Å²) >= 11 is 0. The van der Waals surface area contributed by atoms with E-state index in [0.29, 0.717) is 12.0 Å². The molecule has 0 aliphatic rings. The van der Waals surface area contributed by atoms with Crippen molar-refractivity contribution in [2.45, 2.75) is 57.7 Å². The Balaban J connectivity index is 2.42. The molecule has 1 N–H and O–H groups in total. The maximum absolute atomic E-state index is 12.4. The van der Waals surface area contributed by atoms with Gasteiger partial charge in [0.1, 0.15) is 0 Å².